The molecule has 24 heavy (non-hydrogen) atoms. The van der Waals surface area contributed by atoms with Crippen molar-refractivity contribution in [1.82, 2.24) is 0 Å². The zero-order valence-corrected chi connectivity index (χ0v) is 14.3. The van der Waals surface area contributed by atoms with Crippen molar-refractivity contribution < 1.29 is 5.21 Å². The number of hydrogen-bond donors (Lipinski definition) is 2. The highest BCUT2D eigenvalue weighted by molar-refractivity contribution is 5.95. The normalized spacial score (nSPS) is 21.5. The number of nitrogens with one attached hydrogen (secondary N) is 1. The third-order valence-electron chi connectivity index (χ3n) is 5.06. The third kappa shape index (κ3) is 4.38. The molecule has 0 aromatic heterocycles. The Morgan fingerprint density at radius 1 is 1.00 bits per heavy atom. The summed E-state index contributed by atoms with van der Waals surface area (Å²) in [5, 5.41) is 16.1. The van der Waals surface area contributed by atoms with Crippen molar-refractivity contribution in [3.05, 3.63) is 65.7 Å². The van der Waals surface area contributed by atoms with Gasteiger partial charge in [0.15, 0.2) is 0 Å². The van der Waals surface area contributed by atoms with E-state index in [-0.39, 0.29) is 0 Å². The fourth-order valence-electron chi connectivity index (χ4n) is 3.62. The molecule has 2 N–H and O–H groups in total. The van der Waals surface area contributed by atoms with Gasteiger partial charge < -0.3 is 10.5 Å². The fourth-order valence-corrected chi connectivity index (χ4v) is 3.62. The summed E-state index contributed by atoms with van der Waals surface area (Å²) in [5.74, 6) is 1.94. The smallest absolute Gasteiger partial charge is 0.146 e. The highest BCUT2D eigenvalue weighted by Gasteiger charge is 2.23. The first-order valence-electron chi connectivity index (χ1n) is 8.84. The summed E-state index contributed by atoms with van der Waals surface area (Å²) in [6, 6.07) is 19.0. The first-order valence-corrected chi connectivity index (χ1v) is 8.84. The monoisotopic (exact) mass is 322 g/mol. The van der Waals surface area contributed by atoms with Gasteiger partial charge in [0.05, 0.1) is 0 Å². The molecule has 3 heteroatoms. The molecule has 0 amide bonds. The van der Waals surface area contributed by atoms with Crippen LogP contribution in [-0.4, -0.2) is 11.0 Å². The maximum absolute atomic E-state index is 9.33. The van der Waals surface area contributed by atoms with Gasteiger partial charge >= 0.3 is 0 Å². The third-order valence-corrected chi connectivity index (χ3v) is 5.06. The van der Waals surface area contributed by atoms with Crippen LogP contribution in [0.4, 0.5) is 5.69 Å². The van der Waals surface area contributed by atoms with Crippen LogP contribution < -0.4 is 5.32 Å². The van der Waals surface area contributed by atoms with Gasteiger partial charge in [0.2, 0.25) is 0 Å². The summed E-state index contributed by atoms with van der Waals surface area (Å²) >= 11 is 0. The number of amidine groups is 1. The van der Waals surface area contributed by atoms with Crippen LogP contribution >= 0.6 is 0 Å². The highest BCUT2D eigenvalue weighted by Crippen LogP contribution is 2.37. The molecule has 1 aliphatic rings. The van der Waals surface area contributed by atoms with Crippen LogP contribution in [0.2, 0.25) is 0 Å². The van der Waals surface area contributed by atoms with Crippen molar-refractivity contribution in [2.24, 2.45) is 11.1 Å². The molecule has 0 atom stereocenters. The second-order valence-corrected chi connectivity index (χ2v) is 6.87. The Balaban J connectivity index is 1.52. The topological polar surface area (TPSA) is 44.6 Å². The van der Waals surface area contributed by atoms with Crippen molar-refractivity contribution in [2.45, 2.75) is 44.9 Å². The van der Waals surface area contributed by atoms with E-state index in [9.17, 15) is 5.21 Å². The van der Waals surface area contributed by atoms with Crippen molar-refractivity contribution in [1.29, 1.82) is 0 Å². The summed E-state index contributed by atoms with van der Waals surface area (Å²) in [6.45, 7) is 2.07. The highest BCUT2D eigenvalue weighted by atomic mass is 16.4. The van der Waals surface area contributed by atoms with Crippen molar-refractivity contribution in [3.8, 4) is 0 Å². The summed E-state index contributed by atoms with van der Waals surface area (Å²) in [7, 11) is 0. The molecule has 1 fully saturated rings. The molecule has 1 aliphatic carbocycles. The SMILES string of the molecule is Cc1ccc(N/C(CC2CCC(c3ccccc3)CC2)=N/O)cc1. The number of nitrogens with zero attached hydrogens (tertiary/aromatic N) is 1. The van der Waals surface area contributed by atoms with E-state index in [2.05, 4.69) is 59.9 Å². The molecule has 3 nitrogen and oxygen atoms in total. The number of aryl methyl sites for hydroxylation is 1. The Kier molecular flexibility index (Phi) is 5.52. The standard InChI is InChI=1S/C21H26N2O/c1-16-7-13-20(14-8-16)22-21(23-24)15-17-9-11-19(12-10-17)18-5-3-2-4-6-18/h2-8,13-14,17,19,24H,9-12,15H2,1H3,(H,22,23). The molecule has 126 valence electrons. The van der Waals surface area contributed by atoms with Gasteiger partial charge in [-0.1, -0.05) is 53.2 Å². The minimum absolute atomic E-state index is 0.591. The van der Waals surface area contributed by atoms with Crippen molar-refractivity contribution in [2.75, 3.05) is 5.32 Å². The van der Waals surface area contributed by atoms with E-state index in [4.69, 9.17) is 0 Å². The molecule has 2 aromatic carbocycles. The molecule has 3 rings (SSSR count). The van der Waals surface area contributed by atoms with E-state index in [0.717, 1.165) is 12.1 Å². The van der Waals surface area contributed by atoms with Crippen molar-refractivity contribution >= 4 is 11.5 Å². The van der Waals surface area contributed by atoms with Crippen LogP contribution in [0, 0.1) is 12.8 Å². The molecule has 0 bridgehead atoms. The van der Waals surface area contributed by atoms with E-state index in [1.807, 2.05) is 12.1 Å². The zero-order valence-electron chi connectivity index (χ0n) is 14.3. The maximum Gasteiger partial charge on any atom is 0.146 e. The Morgan fingerprint density at radius 3 is 2.29 bits per heavy atom. The molecule has 0 radical (unpaired) electrons. The summed E-state index contributed by atoms with van der Waals surface area (Å²) in [4.78, 5) is 0. The van der Waals surface area contributed by atoms with Crippen LogP contribution in [0.25, 0.3) is 0 Å². The van der Waals surface area contributed by atoms with Crippen LogP contribution in [0.15, 0.2) is 59.8 Å². The van der Waals surface area contributed by atoms with E-state index >= 15 is 0 Å². The molecule has 0 unspecified atom stereocenters. The Labute approximate surface area is 144 Å². The minimum atomic E-state index is 0.591. The molecule has 0 saturated heterocycles. The molecule has 1 saturated carbocycles. The lowest BCUT2D eigenvalue weighted by Crippen LogP contribution is -2.21. The average molecular weight is 322 g/mol. The van der Waals surface area contributed by atoms with E-state index in [1.54, 1.807) is 0 Å². The van der Waals surface area contributed by atoms with E-state index < -0.39 is 0 Å². The number of rotatable bonds is 4. The Bertz CT molecular complexity index is 656. The van der Waals surface area contributed by atoms with Crippen LogP contribution in [-0.2, 0) is 0 Å². The molecule has 0 aliphatic heterocycles. The van der Waals surface area contributed by atoms with Crippen molar-refractivity contribution in [3.63, 3.8) is 0 Å². The maximum atomic E-state index is 9.33. The zero-order chi connectivity index (χ0) is 16.8. The van der Waals surface area contributed by atoms with Gasteiger partial charge in [-0.05, 0) is 62.1 Å². The Morgan fingerprint density at radius 2 is 1.67 bits per heavy atom. The predicted molar refractivity (Wildman–Crippen MR) is 99.8 cm³/mol. The first kappa shape index (κ1) is 16.6. The molecule has 2 aromatic rings. The van der Waals surface area contributed by atoms with E-state index in [1.165, 1.54) is 36.8 Å². The molecular weight excluding hydrogens is 296 g/mol. The van der Waals surface area contributed by atoms with Crippen LogP contribution in [0.5, 0.6) is 0 Å². The average Bonchev–Trinajstić information content (AvgIpc) is 2.64. The number of benzene rings is 2. The van der Waals surface area contributed by atoms with Gasteiger partial charge in [0.1, 0.15) is 5.84 Å². The minimum Gasteiger partial charge on any atom is -0.409 e. The molecular formula is C21H26N2O. The molecule has 0 spiro atoms. The van der Waals surface area contributed by atoms with Gasteiger partial charge in [-0.2, -0.15) is 0 Å². The second-order valence-electron chi connectivity index (χ2n) is 6.87. The first-order chi connectivity index (χ1) is 11.7. The predicted octanol–water partition coefficient (Wildman–Crippen LogP) is 5.56. The summed E-state index contributed by atoms with van der Waals surface area (Å²) in [6.07, 6.45) is 5.63. The lowest BCUT2D eigenvalue weighted by Gasteiger charge is -2.29. The van der Waals surface area contributed by atoms with E-state index in [0.29, 0.717) is 17.7 Å². The Hall–Kier alpha value is -2.29. The quantitative estimate of drug-likeness (QED) is 0.335. The second kappa shape index (κ2) is 8.00. The van der Waals surface area contributed by atoms with Gasteiger partial charge in [-0.15, -0.1) is 0 Å². The van der Waals surface area contributed by atoms with Gasteiger partial charge in [-0.25, -0.2) is 0 Å². The lowest BCUT2D eigenvalue weighted by molar-refractivity contribution is 0.306. The summed E-state index contributed by atoms with van der Waals surface area (Å²) < 4.78 is 0. The number of hydrogen-bond acceptors (Lipinski definition) is 2. The lowest BCUT2D eigenvalue weighted by atomic mass is 9.77. The number of oxime groups is 1. The van der Waals surface area contributed by atoms with Gasteiger partial charge in [0.25, 0.3) is 0 Å². The van der Waals surface area contributed by atoms with Gasteiger partial charge in [-0.3, -0.25) is 0 Å². The largest absolute Gasteiger partial charge is 0.409 e. The number of anilines is 1. The fraction of sp³-hybridized carbons (Fsp3) is 0.381. The summed E-state index contributed by atoms with van der Waals surface area (Å²) in [5.41, 5.74) is 3.67. The van der Waals surface area contributed by atoms with Crippen LogP contribution in [0.1, 0.15) is 49.1 Å². The van der Waals surface area contributed by atoms with Crippen LogP contribution in [0.3, 0.4) is 0 Å². The molecule has 0 heterocycles. The van der Waals surface area contributed by atoms with Gasteiger partial charge in [0, 0.05) is 12.1 Å².